The van der Waals surface area contributed by atoms with Crippen molar-refractivity contribution in [2.45, 2.75) is 20.0 Å². The van der Waals surface area contributed by atoms with Gasteiger partial charge in [0.05, 0.1) is 17.6 Å². The van der Waals surface area contributed by atoms with Crippen LogP contribution in [-0.2, 0) is 17.9 Å². The lowest BCUT2D eigenvalue weighted by atomic mass is 10.1. The molecule has 0 saturated carbocycles. The van der Waals surface area contributed by atoms with E-state index in [9.17, 15) is 9.18 Å². The van der Waals surface area contributed by atoms with E-state index in [1.165, 1.54) is 23.0 Å². The molecule has 34 heavy (non-hydrogen) atoms. The van der Waals surface area contributed by atoms with Crippen molar-refractivity contribution in [2.75, 3.05) is 5.32 Å². The molecule has 4 heterocycles. The summed E-state index contributed by atoms with van der Waals surface area (Å²) in [6, 6.07) is 10.4. The van der Waals surface area contributed by atoms with Crippen LogP contribution in [0.15, 0.2) is 54.2 Å². The van der Waals surface area contributed by atoms with Crippen LogP contribution in [-0.4, -0.2) is 30.5 Å². The first kappa shape index (κ1) is 22.5. The van der Waals surface area contributed by atoms with Crippen molar-refractivity contribution in [1.82, 2.24) is 24.5 Å². The lowest BCUT2D eigenvalue weighted by molar-refractivity contribution is -0.116. The predicted octanol–water partition coefficient (Wildman–Crippen LogP) is 5.80. The molecule has 0 saturated heterocycles. The lowest BCUT2D eigenvalue weighted by Crippen LogP contribution is -2.20. The average Bonchev–Trinajstić information content (AvgIpc) is 3.52. The van der Waals surface area contributed by atoms with E-state index in [0.29, 0.717) is 5.65 Å². The number of hydrogen-bond donors (Lipinski definition) is 1. The number of hydrogen-bond acceptors (Lipinski definition) is 5. The summed E-state index contributed by atoms with van der Waals surface area (Å²) in [5.74, 6) is -0.650. The van der Waals surface area contributed by atoms with Crippen LogP contribution in [0.2, 0.25) is 10.0 Å². The third-order valence-corrected chi connectivity index (χ3v) is 6.78. The molecule has 1 amide bonds. The highest BCUT2D eigenvalue weighted by molar-refractivity contribution is 7.13. The maximum Gasteiger partial charge on any atom is 0.247 e. The van der Waals surface area contributed by atoms with E-state index >= 15 is 0 Å². The molecule has 0 bridgehead atoms. The molecule has 0 atom stereocenters. The first-order chi connectivity index (χ1) is 16.4. The SMILES string of the molecule is Cc1nn(CC(=O)Nc2nn(Cc3c(F)cccc3Cl)cc2Cl)c2nccc(-c3cccs3)c12. The summed E-state index contributed by atoms with van der Waals surface area (Å²) in [4.78, 5) is 18.3. The fraction of sp³-hybridized carbons (Fsp3) is 0.130. The van der Waals surface area contributed by atoms with Crippen LogP contribution in [0.25, 0.3) is 21.5 Å². The van der Waals surface area contributed by atoms with Crippen molar-refractivity contribution in [3.05, 3.63) is 81.3 Å². The first-order valence-electron chi connectivity index (χ1n) is 10.2. The molecule has 0 fully saturated rings. The van der Waals surface area contributed by atoms with E-state index in [1.807, 2.05) is 30.5 Å². The Labute approximate surface area is 207 Å². The molecule has 7 nitrogen and oxygen atoms in total. The van der Waals surface area contributed by atoms with Gasteiger partial charge in [0, 0.05) is 33.4 Å². The molecule has 1 N–H and O–H groups in total. The van der Waals surface area contributed by atoms with Crippen LogP contribution in [0.1, 0.15) is 11.3 Å². The third-order valence-electron chi connectivity index (χ3n) is 5.24. The third kappa shape index (κ3) is 4.29. The second-order valence-electron chi connectivity index (χ2n) is 7.55. The van der Waals surface area contributed by atoms with Gasteiger partial charge >= 0.3 is 0 Å². The quantitative estimate of drug-likeness (QED) is 0.310. The van der Waals surface area contributed by atoms with Crippen molar-refractivity contribution in [3.63, 3.8) is 0 Å². The van der Waals surface area contributed by atoms with Gasteiger partial charge in [0.1, 0.15) is 17.4 Å². The fourth-order valence-electron chi connectivity index (χ4n) is 3.74. The highest BCUT2D eigenvalue weighted by Gasteiger charge is 2.18. The molecule has 0 aliphatic heterocycles. The number of fused-ring (bicyclic) bond motifs is 1. The van der Waals surface area contributed by atoms with Gasteiger partial charge in [-0.2, -0.15) is 10.2 Å². The Morgan fingerprint density at radius 1 is 1.15 bits per heavy atom. The van der Waals surface area contributed by atoms with Gasteiger partial charge in [-0.05, 0) is 36.6 Å². The largest absolute Gasteiger partial charge is 0.306 e. The number of aromatic nitrogens is 5. The van der Waals surface area contributed by atoms with Crippen LogP contribution in [0.4, 0.5) is 10.2 Å². The number of rotatable bonds is 6. The molecule has 0 aliphatic carbocycles. The number of anilines is 1. The second-order valence-corrected chi connectivity index (χ2v) is 9.31. The summed E-state index contributed by atoms with van der Waals surface area (Å²) < 4.78 is 17.1. The minimum atomic E-state index is -0.444. The van der Waals surface area contributed by atoms with Gasteiger partial charge in [-0.15, -0.1) is 11.3 Å². The van der Waals surface area contributed by atoms with E-state index in [1.54, 1.807) is 28.3 Å². The summed E-state index contributed by atoms with van der Waals surface area (Å²) >= 11 is 14.0. The number of carbonyl (C=O) groups is 1. The Bertz CT molecular complexity index is 1490. The van der Waals surface area contributed by atoms with E-state index in [4.69, 9.17) is 23.2 Å². The molecular formula is C23H17Cl2FN6OS. The number of pyridine rings is 1. The number of halogens is 3. The normalized spacial score (nSPS) is 11.3. The number of nitrogens with zero attached hydrogens (tertiary/aromatic N) is 5. The molecule has 11 heteroatoms. The van der Waals surface area contributed by atoms with Crippen molar-refractivity contribution in [3.8, 4) is 10.4 Å². The summed E-state index contributed by atoms with van der Waals surface area (Å²) in [6.45, 7) is 1.88. The number of benzene rings is 1. The zero-order valence-corrected chi connectivity index (χ0v) is 20.1. The van der Waals surface area contributed by atoms with Gasteiger partial charge in [0.2, 0.25) is 5.91 Å². The smallest absolute Gasteiger partial charge is 0.247 e. The Hall–Kier alpha value is -3.27. The molecule has 4 aromatic heterocycles. The first-order valence-corrected chi connectivity index (χ1v) is 11.9. The predicted molar refractivity (Wildman–Crippen MR) is 132 cm³/mol. The van der Waals surface area contributed by atoms with Crippen LogP contribution in [0.5, 0.6) is 0 Å². The van der Waals surface area contributed by atoms with Gasteiger partial charge in [-0.25, -0.2) is 14.1 Å². The monoisotopic (exact) mass is 514 g/mol. The summed E-state index contributed by atoms with van der Waals surface area (Å²) in [5.41, 5.74) is 2.71. The molecule has 5 rings (SSSR count). The highest BCUT2D eigenvalue weighted by atomic mass is 35.5. The van der Waals surface area contributed by atoms with E-state index in [2.05, 4.69) is 20.5 Å². The number of amides is 1. The molecule has 0 radical (unpaired) electrons. The van der Waals surface area contributed by atoms with Crippen molar-refractivity contribution >= 4 is 57.3 Å². The van der Waals surface area contributed by atoms with Crippen molar-refractivity contribution < 1.29 is 9.18 Å². The molecule has 0 unspecified atom stereocenters. The zero-order chi connectivity index (χ0) is 23.8. The van der Waals surface area contributed by atoms with Gasteiger partial charge < -0.3 is 5.32 Å². The van der Waals surface area contributed by atoms with Gasteiger partial charge in [-0.1, -0.05) is 35.3 Å². The highest BCUT2D eigenvalue weighted by Crippen LogP contribution is 2.32. The lowest BCUT2D eigenvalue weighted by Gasteiger charge is -2.06. The number of nitrogens with one attached hydrogen (secondary N) is 1. The van der Waals surface area contributed by atoms with Crippen LogP contribution >= 0.6 is 34.5 Å². The molecule has 1 aromatic carbocycles. The standard InChI is InChI=1S/C23H17Cl2FN6OS/c1-13-21-14(19-6-3-9-34-19)7-8-27-23(21)32(29-13)12-20(33)28-22-17(25)11-31(30-22)10-15-16(24)4-2-5-18(15)26/h2-9,11H,10,12H2,1H3,(H,28,30,33). The number of carbonyl (C=O) groups excluding carboxylic acids is 1. The summed E-state index contributed by atoms with van der Waals surface area (Å²) in [7, 11) is 0. The van der Waals surface area contributed by atoms with E-state index in [-0.39, 0.29) is 40.4 Å². The maximum absolute atomic E-state index is 14.1. The zero-order valence-electron chi connectivity index (χ0n) is 17.8. The minimum Gasteiger partial charge on any atom is -0.306 e. The Morgan fingerprint density at radius 3 is 2.76 bits per heavy atom. The Kier molecular flexibility index (Phi) is 6.07. The Balaban J connectivity index is 1.36. The molecule has 0 aliphatic rings. The van der Waals surface area contributed by atoms with Gasteiger partial charge in [-0.3, -0.25) is 9.48 Å². The van der Waals surface area contributed by atoms with Gasteiger partial charge in [0.15, 0.2) is 11.5 Å². The van der Waals surface area contributed by atoms with Crippen molar-refractivity contribution in [1.29, 1.82) is 0 Å². The number of aryl methyl sites for hydroxylation is 1. The van der Waals surface area contributed by atoms with E-state index in [0.717, 1.165) is 21.5 Å². The topological polar surface area (TPSA) is 77.6 Å². The van der Waals surface area contributed by atoms with Crippen LogP contribution in [0, 0.1) is 12.7 Å². The molecule has 5 aromatic rings. The summed E-state index contributed by atoms with van der Waals surface area (Å²) in [6.07, 6.45) is 3.21. The molecule has 0 spiro atoms. The van der Waals surface area contributed by atoms with Crippen LogP contribution < -0.4 is 5.32 Å². The van der Waals surface area contributed by atoms with Gasteiger partial charge in [0.25, 0.3) is 0 Å². The maximum atomic E-state index is 14.1. The minimum absolute atomic E-state index is 0.0690. The van der Waals surface area contributed by atoms with Crippen molar-refractivity contribution in [2.24, 2.45) is 0 Å². The molecule has 172 valence electrons. The fourth-order valence-corrected chi connectivity index (χ4v) is 4.92. The molecular weight excluding hydrogens is 498 g/mol. The van der Waals surface area contributed by atoms with Crippen LogP contribution in [0.3, 0.4) is 0 Å². The Morgan fingerprint density at radius 2 is 2.00 bits per heavy atom. The average molecular weight is 515 g/mol. The number of thiophene rings is 1. The van der Waals surface area contributed by atoms with E-state index < -0.39 is 5.82 Å². The second kappa shape index (κ2) is 9.17. The summed E-state index contributed by atoms with van der Waals surface area (Å²) in [5, 5.41) is 14.9.